The summed E-state index contributed by atoms with van der Waals surface area (Å²) >= 11 is 0. The van der Waals surface area contributed by atoms with E-state index < -0.39 is 0 Å². The molecule has 0 aliphatic carbocycles. The normalized spacial score (nSPS) is 18.5. The van der Waals surface area contributed by atoms with E-state index in [1.807, 2.05) is 18.3 Å². The van der Waals surface area contributed by atoms with Gasteiger partial charge in [0.1, 0.15) is 0 Å². The maximum atomic E-state index is 4.14. The van der Waals surface area contributed by atoms with Crippen molar-refractivity contribution in [2.75, 3.05) is 0 Å². The number of pyridine rings is 1. The van der Waals surface area contributed by atoms with Crippen LogP contribution in [-0.4, -0.2) is 0 Å². The molecule has 0 saturated carbocycles. The Hall–Kier alpha value is -1.37. The van der Waals surface area contributed by atoms with Crippen LogP contribution >= 0.6 is 0 Å². The smallest absolute Gasteiger partial charge is 0.167 e. The maximum Gasteiger partial charge on any atom is 0.214 e. The number of rotatable bonds is 0. The van der Waals surface area contributed by atoms with Crippen LogP contribution in [0.3, 0.4) is 0 Å². The van der Waals surface area contributed by atoms with E-state index in [4.69, 9.17) is 0 Å². The molecule has 0 amide bonds. The first-order valence-corrected chi connectivity index (χ1v) is 4.50. The Kier molecular flexibility index (Phi) is 1.62. The van der Waals surface area contributed by atoms with Gasteiger partial charge in [0.2, 0.25) is 5.69 Å². The van der Waals surface area contributed by atoms with E-state index >= 15 is 0 Å². The number of fused-ring (bicyclic) bond motifs is 1. The highest BCUT2D eigenvalue weighted by Gasteiger charge is 2.29. The Bertz CT molecular complexity index is 386. The van der Waals surface area contributed by atoms with E-state index in [0.29, 0.717) is 0 Å². The average molecular weight is 172 g/mol. The molecule has 0 bridgehead atoms. The SMILES string of the molecule is C=C1c2cccc[n+]2C=CC1(C)C. The molecule has 0 fully saturated rings. The van der Waals surface area contributed by atoms with Crippen molar-refractivity contribution < 1.29 is 4.57 Å². The summed E-state index contributed by atoms with van der Waals surface area (Å²) in [6.07, 6.45) is 6.33. The lowest BCUT2D eigenvalue weighted by Gasteiger charge is -2.23. The molecular weight excluding hydrogens is 158 g/mol. The lowest BCUT2D eigenvalue weighted by Crippen LogP contribution is -2.36. The minimum Gasteiger partial charge on any atom is -0.167 e. The van der Waals surface area contributed by atoms with Crippen LogP contribution < -0.4 is 4.57 Å². The number of aromatic nitrogens is 1. The van der Waals surface area contributed by atoms with Gasteiger partial charge in [0.25, 0.3) is 0 Å². The molecule has 0 spiro atoms. The molecule has 0 atom stereocenters. The number of hydrogen-bond acceptors (Lipinski definition) is 0. The molecule has 0 N–H and O–H groups in total. The fourth-order valence-corrected chi connectivity index (χ4v) is 1.54. The van der Waals surface area contributed by atoms with Crippen molar-refractivity contribution in [1.82, 2.24) is 0 Å². The standard InChI is InChI=1S/C12H14N/c1-10-11-6-4-5-8-13(11)9-7-12(10,2)3/h4-9H,1H2,2-3H3/q+1. The minimum atomic E-state index is 0.0847. The van der Waals surface area contributed by atoms with Crippen molar-refractivity contribution in [2.24, 2.45) is 5.41 Å². The molecule has 1 aliphatic rings. The van der Waals surface area contributed by atoms with Crippen LogP contribution in [0.1, 0.15) is 19.5 Å². The van der Waals surface area contributed by atoms with Crippen molar-refractivity contribution in [3.63, 3.8) is 0 Å². The van der Waals surface area contributed by atoms with E-state index in [-0.39, 0.29) is 5.41 Å². The summed E-state index contributed by atoms with van der Waals surface area (Å²) in [4.78, 5) is 0. The summed E-state index contributed by atoms with van der Waals surface area (Å²) in [5, 5.41) is 0. The van der Waals surface area contributed by atoms with E-state index in [1.165, 1.54) is 11.3 Å². The van der Waals surface area contributed by atoms with Crippen LogP contribution in [0, 0.1) is 5.41 Å². The second kappa shape index (κ2) is 2.56. The molecule has 13 heavy (non-hydrogen) atoms. The molecule has 1 heteroatoms. The van der Waals surface area contributed by atoms with Gasteiger partial charge in [-0.25, -0.2) is 0 Å². The highest BCUT2D eigenvalue weighted by atomic mass is 14.9. The molecule has 0 unspecified atom stereocenters. The van der Waals surface area contributed by atoms with E-state index in [0.717, 1.165) is 0 Å². The van der Waals surface area contributed by atoms with Gasteiger partial charge in [0.05, 0.1) is 0 Å². The lowest BCUT2D eigenvalue weighted by molar-refractivity contribution is -0.573. The zero-order valence-corrected chi connectivity index (χ0v) is 8.12. The zero-order valence-electron chi connectivity index (χ0n) is 8.12. The Morgan fingerprint density at radius 1 is 1.31 bits per heavy atom. The largest absolute Gasteiger partial charge is 0.214 e. The first-order valence-electron chi connectivity index (χ1n) is 4.50. The van der Waals surface area contributed by atoms with Gasteiger partial charge in [-0.2, -0.15) is 4.57 Å². The summed E-state index contributed by atoms with van der Waals surface area (Å²) in [6.45, 7) is 8.50. The van der Waals surface area contributed by atoms with Crippen LogP contribution in [-0.2, 0) is 0 Å². The summed E-state index contributed by atoms with van der Waals surface area (Å²) in [5.74, 6) is 0. The van der Waals surface area contributed by atoms with Gasteiger partial charge < -0.3 is 0 Å². The average Bonchev–Trinajstić information content (AvgIpc) is 2.13. The highest BCUT2D eigenvalue weighted by molar-refractivity contribution is 5.67. The quantitative estimate of drug-likeness (QED) is 0.529. The molecule has 0 saturated heterocycles. The summed E-state index contributed by atoms with van der Waals surface area (Å²) in [7, 11) is 0. The molecule has 0 aromatic carbocycles. The van der Waals surface area contributed by atoms with Crippen molar-refractivity contribution in [1.29, 1.82) is 0 Å². The Morgan fingerprint density at radius 2 is 2.08 bits per heavy atom. The minimum absolute atomic E-state index is 0.0847. The van der Waals surface area contributed by atoms with Gasteiger partial charge in [-0.15, -0.1) is 0 Å². The topological polar surface area (TPSA) is 3.88 Å². The van der Waals surface area contributed by atoms with Gasteiger partial charge in [0.15, 0.2) is 12.4 Å². The van der Waals surface area contributed by atoms with Crippen LogP contribution in [0.15, 0.2) is 37.1 Å². The van der Waals surface area contributed by atoms with Gasteiger partial charge >= 0.3 is 0 Å². The summed E-state index contributed by atoms with van der Waals surface area (Å²) in [5.41, 5.74) is 2.46. The third kappa shape index (κ3) is 1.21. The van der Waals surface area contributed by atoms with Crippen molar-refractivity contribution >= 4 is 11.8 Å². The Labute approximate surface area is 79.0 Å². The molecule has 1 nitrogen and oxygen atoms in total. The fraction of sp³-hybridized carbons (Fsp3) is 0.250. The van der Waals surface area contributed by atoms with E-state index in [2.05, 4.69) is 43.3 Å². The van der Waals surface area contributed by atoms with Crippen LogP contribution in [0.2, 0.25) is 0 Å². The van der Waals surface area contributed by atoms with Gasteiger partial charge in [-0.1, -0.05) is 20.4 Å². The lowest BCUT2D eigenvalue weighted by atomic mass is 9.81. The summed E-state index contributed by atoms with van der Waals surface area (Å²) in [6, 6.07) is 6.18. The van der Waals surface area contributed by atoms with Crippen LogP contribution in [0.5, 0.6) is 0 Å². The maximum absolute atomic E-state index is 4.14. The van der Waals surface area contributed by atoms with Gasteiger partial charge in [-0.05, 0) is 12.1 Å². The number of allylic oxidation sites excluding steroid dienone is 2. The highest BCUT2D eigenvalue weighted by Crippen LogP contribution is 2.34. The molecule has 1 aromatic rings. The molecule has 1 aliphatic heterocycles. The second-order valence-electron chi connectivity index (χ2n) is 4.01. The van der Waals surface area contributed by atoms with Crippen molar-refractivity contribution in [3.05, 3.63) is 42.7 Å². The fourth-order valence-electron chi connectivity index (χ4n) is 1.54. The molecular formula is C12H14N+. The molecule has 2 heterocycles. The van der Waals surface area contributed by atoms with Crippen molar-refractivity contribution in [2.45, 2.75) is 13.8 Å². The van der Waals surface area contributed by atoms with Crippen LogP contribution in [0.4, 0.5) is 0 Å². The van der Waals surface area contributed by atoms with Gasteiger partial charge in [-0.3, -0.25) is 0 Å². The van der Waals surface area contributed by atoms with Crippen LogP contribution in [0.25, 0.3) is 11.8 Å². The molecule has 1 aromatic heterocycles. The monoisotopic (exact) mass is 172 g/mol. The molecule has 0 radical (unpaired) electrons. The predicted octanol–water partition coefficient (Wildman–Crippen LogP) is 2.50. The second-order valence-corrected chi connectivity index (χ2v) is 4.01. The molecule has 66 valence electrons. The first kappa shape index (κ1) is 8.24. The Morgan fingerprint density at radius 3 is 2.85 bits per heavy atom. The third-order valence-electron chi connectivity index (χ3n) is 2.63. The van der Waals surface area contributed by atoms with Crippen molar-refractivity contribution in [3.8, 4) is 0 Å². The van der Waals surface area contributed by atoms with E-state index in [9.17, 15) is 0 Å². The summed E-state index contributed by atoms with van der Waals surface area (Å²) < 4.78 is 2.10. The number of hydrogen-bond donors (Lipinski definition) is 0. The first-order chi connectivity index (χ1) is 6.11. The third-order valence-corrected chi connectivity index (χ3v) is 2.63. The molecule has 2 rings (SSSR count). The van der Waals surface area contributed by atoms with E-state index in [1.54, 1.807) is 0 Å². The Balaban J connectivity index is 2.62. The van der Waals surface area contributed by atoms with Gasteiger partial charge in [0, 0.05) is 23.1 Å². The zero-order chi connectivity index (χ0) is 9.47. The number of nitrogens with zero attached hydrogens (tertiary/aromatic N) is 1. The predicted molar refractivity (Wildman–Crippen MR) is 54.8 cm³/mol.